The minimum atomic E-state index is -0.817. The summed E-state index contributed by atoms with van der Waals surface area (Å²) in [6.45, 7) is 18.9. The van der Waals surface area contributed by atoms with Crippen molar-refractivity contribution in [1.29, 1.82) is 0 Å². The van der Waals surface area contributed by atoms with E-state index in [2.05, 4.69) is 97.5 Å². The Morgan fingerprint density at radius 3 is 1.67 bits per heavy atom. The molecule has 3 heterocycles. The van der Waals surface area contributed by atoms with Gasteiger partial charge in [0.1, 0.15) is 5.82 Å². The summed E-state index contributed by atoms with van der Waals surface area (Å²) < 4.78 is 177. The van der Waals surface area contributed by atoms with Gasteiger partial charge in [-0.1, -0.05) is 225 Å². The van der Waals surface area contributed by atoms with E-state index in [0.29, 0.717) is 44.9 Å². The summed E-state index contributed by atoms with van der Waals surface area (Å²) in [5, 5.41) is 1.88. The predicted molar refractivity (Wildman–Crippen MR) is 343 cm³/mol. The van der Waals surface area contributed by atoms with Crippen LogP contribution in [0.3, 0.4) is 0 Å². The number of imidazole rings is 1. The normalized spacial score (nSPS) is 15.0. The number of benzene rings is 10. The standard InChI is InChI=1S/C78H66N4O.Pt/c1-76(2,3)60-39-40-79-74(48-60)82-70-34-20-19-31-68(70)69-37-36-65(50-72(69)82)83-64-30-21-29-63(49-64)80-51-81(71-38-35-55(46-73(71)80)52-23-13-10-14-24-52)75-66(32-22-33-67(75)59-44-61(77(4,5)6)47-62(45-59)78(7,8)9)58-42-56(53-25-15-11-16-26-53)41-57(43-58)54-27-17-12-18-28-54;/h10-48H,1-9H3;/q-2;/i10D,11D,12D,13D,14D,15D,16D,17D,18D,23D,24D,25D,26D,27D,28D,41D,42D,43D;. The van der Waals surface area contributed by atoms with E-state index in [1.165, 1.54) is 0 Å². The molecule has 0 spiro atoms. The maximum atomic E-state index is 10.4. The third kappa shape index (κ3) is 10.7. The van der Waals surface area contributed by atoms with Crippen LogP contribution < -0.4 is 9.30 Å². The van der Waals surface area contributed by atoms with Crippen LogP contribution in [0.1, 0.15) is 104 Å². The minimum Gasteiger partial charge on any atom is -0.510 e. The average molecular weight is 1290 g/mol. The van der Waals surface area contributed by atoms with Gasteiger partial charge >= 0.3 is 0 Å². The molecular formula is C78H66N4OPt-2. The topological polar surface area (TPSA) is 35.9 Å². The molecule has 5 nitrogen and oxygen atoms in total. The first kappa shape index (κ1) is 38.1. The van der Waals surface area contributed by atoms with Gasteiger partial charge in [-0.05, 0) is 142 Å². The Morgan fingerprint density at radius 2 is 1.04 bits per heavy atom. The molecule has 0 aliphatic heterocycles. The number of hydrogen-bond acceptors (Lipinski definition) is 2. The van der Waals surface area contributed by atoms with Crippen LogP contribution in [0.4, 0.5) is 0 Å². The number of para-hydroxylation sites is 2. The van der Waals surface area contributed by atoms with Crippen LogP contribution in [0.2, 0.25) is 0 Å². The smallest absolute Gasteiger partial charge is 0.268 e. The van der Waals surface area contributed by atoms with E-state index in [9.17, 15) is 12.3 Å². The molecule has 3 aromatic heterocycles. The average Bonchev–Trinajstić information content (AvgIpc) is 1.70. The SMILES string of the molecule is [2H]c1c([2H])c([2H])c(-c2ccc3c(c2)n(-c2[c-]c(Oc4[c-]c5c(cc4)c4ccccc4n5-c4cc(C(C)(C)C)ccn4)ccc2)[c-][n+]3-c2c(-c3cc(C(C)(C)C)cc(C(C)(C)C)c3)cccc2-c2c([2H])c(-c3c([2H])c([2H])c([2H])c([2H])c3[2H])c([2H])c(-c3c([2H])c([2H])c([2H])c([2H])c3[2H])c2[2H])c([2H])c1[2H].[Pt]. The first-order chi connectivity index (χ1) is 47.5. The third-order valence-corrected chi connectivity index (χ3v) is 14.8. The quantitative estimate of drug-likeness (QED) is 0.101. The predicted octanol–water partition coefficient (Wildman–Crippen LogP) is 19.8. The van der Waals surface area contributed by atoms with Crippen LogP contribution in [0, 0.1) is 18.5 Å². The minimum absolute atomic E-state index is 0. The monoisotopic (exact) mass is 1290 g/mol. The molecule has 0 aliphatic rings. The molecule has 416 valence electrons. The molecule has 84 heavy (non-hydrogen) atoms. The molecule has 0 atom stereocenters. The van der Waals surface area contributed by atoms with Crippen LogP contribution in [0.25, 0.3) is 106 Å². The first-order valence-electron chi connectivity index (χ1n) is 36.3. The Balaban J connectivity index is 0.00000982. The molecule has 6 heteroatoms. The van der Waals surface area contributed by atoms with E-state index < -0.39 is 142 Å². The molecule has 0 aliphatic carbocycles. The molecule has 13 aromatic rings. The largest absolute Gasteiger partial charge is 0.510 e. The van der Waals surface area contributed by atoms with E-state index in [4.69, 9.17) is 22.1 Å². The van der Waals surface area contributed by atoms with Crippen LogP contribution in [-0.2, 0) is 37.3 Å². The number of aromatic nitrogens is 4. The van der Waals surface area contributed by atoms with E-state index in [1.807, 2.05) is 60.7 Å². The van der Waals surface area contributed by atoms with Crippen molar-refractivity contribution in [3.8, 4) is 84.3 Å². The van der Waals surface area contributed by atoms with Gasteiger partial charge in [0.05, 0.1) is 41.4 Å². The third-order valence-electron chi connectivity index (χ3n) is 14.8. The summed E-state index contributed by atoms with van der Waals surface area (Å²) >= 11 is 0. The summed E-state index contributed by atoms with van der Waals surface area (Å²) in [7, 11) is 0. The van der Waals surface area contributed by atoms with Crippen molar-refractivity contribution in [2.75, 3.05) is 0 Å². The molecule has 0 fully saturated rings. The van der Waals surface area contributed by atoms with E-state index in [-0.39, 0.29) is 60.2 Å². The van der Waals surface area contributed by atoms with Crippen molar-refractivity contribution in [2.45, 2.75) is 78.6 Å². The van der Waals surface area contributed by atoms with Gasteiger partial charge in [0.15, 0.2) is 0 Å². The fourth-order valence-corrected chi connectivity index (χ4v) is 10.4. The van der Waals surface area contributed by atoms with Gasteiger partial charge in [-0.15, -0.1) is 29.7 Å². The molecule has 10 aromatic carbocycles. The van der Waals surface area contributed by atoms with Crippen molar-refractivity contribution in [3.63, 3.8) is 0 Å². The molecule has 13 rings (SSSR count). The molecule has 0 amide bonds. The van der Waals surface area contributed by atoms with E-state index in [1.54, 1.807) is 63.9 Å². The number of fused-ring (bicyclic) bond motifs is 4. The number of ether oxygens (including phenoxy) is 1. The van der Waals surface area contributed by atoms with Gasteiger partial charge in [0, 0.05) is 44.3 Å². The summed E-state index contributed by atoms with van der Waals surface area (Å²) in [4.78, 5) is 4.85. The molecule has 0 N–H and O–H groups in total. The number of nitrogens with zero attached hydrogens (tertiary/aromatic N) is 4. The maximum Gasteiger partial charge on any atom is 0.268 e. The van der Waals surface area contributed by atoms with Gasteiger partial charge in [0.2, 0.25) is 0 Å². The van der Waals surface area contributed by atoms with Gasteiger partial charge < -0.3 is 13.9 Å². The molecule has 0 radical (unpaired) electrons. The molecule has 0 unspecified atom stereocenters. The van der Waals surface area contributed by atoms with Crippen LogP contribution in [0.5, 0.6) is 11.5 Å². The number of rotatable bonds is 10. The summed E-state index contributed by atoms with van der Waals surface area (Å²) in [5.74, 6) is 1.24. The second-order valence-corrected chi connectivity index (χ2v) is 23.6. The van der Waals surface area contributed by atoms with Crippen molar-refractivity contribution < 1.29 is 55.0 Å². The van der Waals surface area contributed by atoms with Crippen LogP contribution >= 0.6 is 0 Å². The molecule has 0 bridgehead atoms. The Bertz CT molecular complexity index is 5490. The van der Waals surface area contributed by atoms with Crippen molar-refractivity contribution in [3.05, 3.63) is 271 Å². The van der Waals surface area contributed by atoms with Gasteiger partial charge in [-0.2, -0.15) is 18.2 Å². The fraction of sp³-hybridized carbons (Fsp3) is 0.154. The fourth-order valence-electron chi connectivity index (χ4n) is 10.4. The number of pyridine rings is 1. The second-order valence-electron chi connectivity index (χ2n) is 23.6. The Kier molecular flexibility index (Phi) is 9.98. The van der Waals surface area contributed by atoms with Gasteiger partial charge in [-0.25, -0.2) is 4.98 Å². The molecular weight excluding hydrogens is 1200 g/mol. The summed E-state index contributed by atoms with van der Waals surface area (Å²) in [5.41, 5.74) is 3.11. The summed E-state index contributed by atoms with van der Waals surface area (Å²) in [6, 6.07) is 31.5. The van der Waals surface area contributed by atoms with Crippen molar-refractivity contribution >= 4 is 32.8 Å². The van der Waals surface area contributed by atoms with Crippen LogP contribution in [0.15, 0.2) is 236 Å². The Hall–Kier alpha value is -8.89. The Labute approximate surface area is 534 Å². The number of hydrogen-bond donors (Lipinski definition) is 0. The van der Waals surface area contributed by atoms with E-state index in [0.717, 1.165) is 33.0 Å². The zero-order valence-corrected chi connectivity index (χ0v) is 49.9. The maximum absolute atomic E-state index is 10.4. The zero-order valence-electron chi connectivity index (χ0n) is 65.6. The van der Waals surface area contributed by atoms with Crippen LogP contribution in [-0.4, -0.2) is 14.1 Å². The zero-order chi connectivity index (χ0) is 72.9. The molecule has 0 saturated heterocycles. The van der Waals surface area contributed by atoms with Crippen molar-refractivity contribution in [1.82, 2.24) is 14.1 Å². The Morgan fingerprint density at radius 1 is 0.464 bits per heavy atom. The van der Waals surface area contributed by atoms with Gasteiger partial charge in [0.25, 0.3) is 6.33 Å². The van der Waals surface area contributed by atoms with Crippen molar-refractivity contribution in [2.24, 2.45) is 0 Å². The second kappa shape index (κ2) is 22.0. The molecule has 0 saturated carbocycles. The summed E-state index contributed by atoms with van der Waals surface area (Å²) in [6.07, 6.45) is 5.37. The first-order valence-corrected chi connectivity index (χ1v) is 27.3. The van der Waals surface area contributed by atoms with Gasteiger partial charge in [-0.3, -0.25) is 4.57 Å². The van der Waals surface area contributed by atoms with E-state index >= 15 is 0 Å².